The number of carbonyl (C=O) groups excluding carboxylic acids is 1. The van der Waals surface area contributed by atoms with E-state index in [1.165, 1.54) is 5.56 Å². The third-order valence-corrected chi connectivity index (χ3v) is 2.31. The van der Waals surface area contributed by atoms with Crippen LogP contribution in [0.4, 0.5) is 5.69 Å². The molecule has 1 amide bonds. The highest BCUT2D eigenvalue weighted by atomic mass is 16.2. The Morgan fingerprint density at radius 3 is 2.56 bits per heavy atom. The number of amides is 1. The van der Waals surface area contributed by atoms with Gasteiger partial charge < -0.3 is 16.4 Å². The third-order valence-electron chi connectivity index (χ3n) is 2.31. The summed E-state index contributed by atoms with van der Waals surface area (Å²) in [6, 6.07) is 7.48. The standard InChI is InChI=1S/C12H19N3O/c1-9-3-5-11(6-4-9)15-12(16)10(2)14-8-7-13/h3-6,10,14H,7-8,13H2,1-2H3,(H,15,16). The van der Waals surface area contributed by atoms with Gasteiger partial charge in [-0.15, -0.1) is 0 Å². The van der Waals surface area contributed by atoms with Crippen molar-refractivity contribution in [3.8, 4) is 0 Å². The molecular weight excluding hydrogens is 202 g/mol. The lowest BCUT2D eigenvalue weighted by Crippen LogP contribution is -2.40. The van der Waals surface area contributed by atoms with E-state index in [-0.39, 0.29) is 11.9 Å². The average molecular weight is 221 g/mol. The van der Waals surface area contributed by atoms with E-state index in [0.717, 1.165) is 5.69 Å². The second kappa shape index (κ2) is 6.25. The van der Waals surface area contributed by atoms with Crippen LogP contribution in [0.25, 0.3) is 0 Å². The molecule has 0 aliphatic carbocycles. The Morgan fingerprint density at radius 2 is 2.00 bits per heavy atom. The molecule has 0 spiro atoms. The number of hydrogen-bond acceptors (Lipinski definition) is 3. The van der Waals surface area contributed by atoms with Crippen LogP contribution in [0.3, 0.4) is 0 Å². The van der Waals surface area contributed by atoms with Crippen LogP contribution in [-0.2, 0) is 4.79 Å². The summed E-state index contributed by atoms with van der Waals surface area (Å²) in [6.07, 6.45) is 0. The van der Waals surface area contributed by atoms with Gasteiger partial charge in [0.2, 0.25) is 5.91 Å². The van der Waals surface area contributed by atoms with E-state index in [4.69, 9.17) is 5.73 Å². The first-order chi connectivity index (χ1) is 7.63. The van der Waals surface area contributed by atoms with Gasteiger partial charge in [-0.05, 0) is 26.0 Å². The Labute approximate surface area is 96.2 Å². The molecular formula is C12H19N3O. The zero-order valence-corrected chi connectivity index (χ0v) is 9.79. The maximum atomic E-state index is 11.7. The summed E-state index contributed by atoms with van der Waals surface area (Å²) < 4.78 is 0. The van der Waals surface area contributed by atoms with Crippen LogP contribution >= 0.6 is 0 Å². The van der Waals surface area contributed by atoms with E-state index in [1.54, 1.807) is 0 Å². The average Bonchev–Trinajstić information content (AvgIpc) is 2.29. The summed E-state index contributed by atoms with van der Waals surface area (Å²) in [6.45, 7) is 5.00. The zero-order chi connectivity index (χ0) is 12.0. The smallest absolute Gasteiger partial charge is 0.241 e. The molecule has 0 heterocycles. The van der Waals surface area contributed by atoms with Gasteiger partial charge in [-0.25, -0.2) is 0 Å². The topological polar surface area (TPSA) is 67.2 Å². The Balaban J connectivity index is 2.47. The summed E-state index contributed by atoms with van der Waals surface area (Å²) in [4.78, 5) is 11.7. The minimum Gasteiger partial charge on any atom is -0.329 e. The fourth-order valence-electron chi connectivity index (χ4n) is 1.28. The number of carbonyl (C=O) groups is 1. The van der Waals surface area contributed by atoms with Crippen LogP contribution in [0, 0.1) is 6.92 Å². The first-order valence-electron chi connectivity index (χ1n) is 5.44. The number of hydrogen-bond donors (Lipinski definition) is 3. The van der Waals surface area contributed by atoms with Gasteiger partial charge in [0, 0.05) is 18.8 Å². The maximum absolute atomic E-state index is 11.7. The fraction of sp³-hybridized carbons (Fsp3) is 0.417. The number of aryl methyl sites for hydroxylation is 1. The molecule has 0 saturated heterocycles. The Bertz CT molecular complexity index is 335. The van der Waals surface area contributed by atoms with Crippen molar-refractivity contribution < 1.29 is 4.79 Å². The quantitative estimate of drug-likeness (QED) is 0.691. The summed E-state index contributed by atoms with van der Waals surface area (Å²) in [5, 5.41) is 5.86. The van der Waals surface area contributed by atoms with Gasteiger partial charge in [-0.1, -0.05) is 17.7 Å². The predicted molar refractivity (Wildman–Crippen MR) is 66.3 cm³/mol. The molecule has 1 atom stereocenters. The van der Waals surface area contributed by atoms with Gasteiger partial charge in [-0.3, -0.25) is 4.79 Å². The largest absolute Gasteiger partial charge is 0.329 e. The second-order valence-electron chi connectivity index (χ2n) is 3.82. The number of anilines is 1. The Hall–Kier alpha value is -1.39. The molecule has 16 heavy (non-hydrogen) atoms. The number of benzene rings is 1. The second-order valence-corrected chi connectivity index (χ2v) is 3.82. The first-order valence-corrected chi connectivity index (χ1v) is 5.44. The molecule has 4 heteroatoms. The molecule has 4 N–H and O–H groups in total. The van der Waals surface area contributed by atoms with E-state index >= 15 is 0 Å². The number of nitrogens with two attached hydrogens (primary N) is 1. The lowest BCUT2D eigenvalue weighted by Gasteiger charge is -2.13. The molecule has 0 saturated carbocycles. The van der Waals surface area contributed by atoms with Crippen LogP contribution in [0.2, 0.25) is 0 Å². The fourth-order valence-corrected chi connectivity index (χ4v) is 1.28. The van der Waals surface area contributed by atoms with E-state index in [1.807, 2.05) is 38.1 Å². The molecule has 88 valence electrons. The van der Waals surface area contributed by atoms with Gasteiger partial charge >= 0.3 is 0 Å². The van der Waals surface area contributed by atoms with Crippen LogP contribution in [0.15, 0.2) is 24.3 Å². The van der Waals surface area contributed by atoms with E-state index in [9.17, 15) is 4.79 Å². The lowest BCUT2D eigenvalue weighted by atomic mass is 10.2. The molecule has 0 radical (unpaired) electrons. The van der Waals surface area contributed by atoms with Crippen molar-refractivity contribution >= 4 is 11.6 Å². The molecule has 0 aliphatic rings. The Morgan fingerprint density at radius 1 is 1.38 bits per heavy atom. The van der Waals surface area contributed by atoms with Gasteiger partial charge in [0.15, 0.2) is 0 Å². The molecule has 1 aromatic rings. The van der Waals surface area contributed by atoms with Crippen molar-refractivity contribution in [1.82, 2.24) is 5.32 Å². The molecule has 1 aromatic carbocycles. The highest BCUT2D eigenvalue weighted by Gasteiger charge is 2.11. The van der Waals surface area contributed by atoms with E-state index < -0.39 is 0 Å². The van der Waals surface area contributed by atoms with E-state index in [0.29, 0.717) is 13.1 Å². The van der Waals surface area contributed by atoms with Gasteiger partial charge in [0.05, 0.1) is 6.04 Å². The summed E-state index contributed by atoms with van der Waals surface area (Å²) >= 11 is 0. The predicted octanol–water partition coefficient (Wildman–Crippen LogP) is 0.870. The van der Waals surface area contributed by atoms with Crippen molar-refractivity contribution in [1.29, 1.82) is 0 Å². The highest BCUT2D eigenvalue weighted by Crippen LogP contribution is 2.08. The number of nitrogens with one attached hydrogen (secondary N) is 2. The normalized spacial score (nSPS) is 12.2. The van der Waals surface area contributed by atoms with Crippen molar-refractivity contribution in [2.24, 2.45) is 5.73 Å². The van der Waals surface area contributed by atoms with E-state index in [2.05, 4.69) is 10.6 Å². The molecule has 1 unspecified atom stereocenters. The monoisotopic (exact) mass is 221 g/mol. The highest BCUT2D eigenvalue weighted by molar-refractivity contribution is 5.94. The summed E-state index contributed by atoms with van der Waals surface area (Å²) in [5.41, 5.74) is 7.34. The first kappa shape index (κ1) is 12.7. The maximum Gasteiger partial charge on any atom is 0.241 e. The number of rotatable bonds is 5. The molecule has 4 nitrogen and oxygen atoms in total. The van der Waals surface area contributed by atoms with Crippen LogP contribution in [0.1, 0.15) is 12.5 Å². The summed E-state index contributed by atoms with van der Waals surface area (Å²) in [7, 11) is 0. The summed E-state index contributed by atoms with van der Waals surface area (Å²) in [5.74, 6) is -0.0442. The van der Waals surface area contributed by atoms with Crippen molar-refractivity contribution in [3.63, 3.8) is 0 Å². The third kappa shape index (κ3) is 4.00. The lowest BCUT2D eigenvalue weighted by molar-refractivity contribution is -0.117. The SMILES string of the molecule is Cc1ccc(NC(=O)C(C)NCCN)cc1. The van der Waals surface area contributed by atoms with Crippen LogP contribution in [0.5, 0.6) is 0 Å². The molecule has 1 rings (SSSR count). The van der Waals surface area contributed by atoms with Gasteiger partial charge in [0.1, 0.15) is 0 Å². The van der Waals surface area contributed by atoms with Gasteiger partial charge in [0.25, 0.3) is 0 Å². The van der Waals surface area contributed by atoms with Gasteiger partial charge in [-0.2, -0.15) is 0 Å². The van der Waals surface area contributed by atoms with Crippen molar-refractivity contribution in [2.75, 3.05) is 18.4 Å². The van der Waals surface area contributed by atoms with Crippen molar-refractivity contribution in [3.05, 3.63) is 29.8 Å². The van der Waals surface area contributed by atoms with Crippen molar-refractivity contribution in [2.45, 2.75) is 19.9 Å². The minimum absolute atomic E-state index is 0.0442. The minimum atomic E-state index is -0.232. The molecule has 0 fully saturated rings. The van der Waals surface area contributed by atoms with Crippen LogP contribution < -0.4 is 16.4 Å². The Kier molecular flexibility index (Phi) is 4.95. The molecule has 0 aromatic heterocycles. The van der Waals surface area contributed by atoms with Crippen LogP contribution in [-0.4, -0.2) is 25.0 Å². The zero-order valence-electron chi connectivity index (χ0n) is 9.79. The molecule has 0 aliphatic heterocycles. The molecule has 0 bridgehead atoms.